The molecule has 0 amide bonds. The number of fused-ring (bicyclic) bond motifs is 1. The van der Waals surface area contributed by atoms with E-state index >= 15 is 0 Å². The van der Waals surface area contributed by atoms with Crippen LogP contribution in [0.3, 0.4) is 0 Å². The van der Waals surface area contributed by atoms with Crippen LogP contribution in [0.15, 0.2) is 27.3 Å². The van der Waals surface area contributed by atoms with Gasteiger partial charge >= 0.3 is 0 Å². The second kappa shape index (κ2) is 4.33. The van der Waals surface area contributed by atoms with Crippen molar-refractivity contribution in [1.82, 2.24) is 5.32 Å². The maximum atomic E-state index is 13.2. The molecule has 1 N–H and O–H groups in total. The normalized spacial score (nSPS) is 11.1. The average molecular weight is 272 g/mol. The first-order chi connectivity index (χ1) is 7.22. The Morgan fingerprint density at radius 1 is 1.47 bits per heavy atom. The highest BCUT2D eigenvalue weighted by atomic mass is 79.9. The highest BCUT2D eigenvalue weighted by molar-refractivity contribution is 9.10. The van der Waals surface area contributed by atoms with Crippen molar-refractivity contribution in [3.63, 3.8) is 0 Å². The lowest BCUT2D eigenvalue weighted by Gasteiger charge is -1.98. The van der Waals surface area contributed by atoms with E-state index in [1.54, 1.807) is 6.26 Å². The molecular weight excluding hydrogens is 261 g/mol. The maximum Gasteiger partial charge on any atom is 0.148 e. The third-order valence-corrected chi connectivity index (χ3v) is 2.91. The van der Waals surface area contributed by atoms with Gasteiger partial charge in [-0.1, -0.05) is 0 Å². The molecule has 0 saturated carbocycles. The minimum Gasteiger partial charge on any atom is -0.463 e. The molecule has 0 bridgehead atoms. The number of hydrogen-bond acceptors (Lipinski definition) is 2. The first kappa shape index (κ1) is 10.6. The van der Waals surface area contributed by atoms with Crippen molar-refractivity contribution in [2.24, 2.45) is 0 Å². The smallest absolute Gasteiger partial charge is 0.148 e. The third-order valence-electron chi connectivity index (χ3n) is 2.32. The fourth-order valence-corrected chi connectivity index (χ4v) is 2.09. The molecular formula is C11H11BrFNO. The van der Waals surface area contributed by atoms with Gasteiger partial charge < -0.3 is 9.73 Å². The first-order valence-corrected chi connectivity index (χ1v) is 5.51. The van der Waals surface area contributed by atoms with E-state index in [9.17, 15) is 4.39 Å². The molecule has 0 unspecified atom stereocenters. The molecule has 2 aromatic rings. The number of benzene rings is 1. The fraction of sp³-hybridized carbons (Fsp3) is 0.273. The Hall–Kier alpha value is -0.870. The van der Waals surface area contributed by atoms with Crippen LogP contribution in [0, 0.1) is 5.82 Å². The molecule has 0 radical (unpaired) electrons. The van der Waals surface area contributed by atoms with Gasteiger partial charge in [-0.2, -0.15) is 0 Å². The van der Waals surface area contributed by atoms with Crippen molar-refractivity contribution >= 4 is 26.9 Å². The lowest BCUT2D eigenvalue weighted by Crippen LogP contribution is -2.09. The Bertz CT molecular complexity index is 481. The number of hydrogen-bond donors (Lipinski definition) is 1. The van der Waals surface area contributed by atoms with Crippen LogP contribution in [0.2, 0.25) is 0 Å². The maximum absolute atomic E-state index is 13.2. The first-order valence-electron chi connectivity index (χ1n) is 4.72. The Morgan fingerprint density at radius 3 is 3.00 bits per heavy atom. The summed E-state index contributed by atoms with van der Waals surface area (Å²) in [5.41, 5.74) is 1.74. The van der Waals surface area contributed by atoms with Crippen molar-refractivity contribution in [3.8, 4) is 0 Å². The average Bonchev–Trinajstić information content (AvgIpc) is 2.58. The summed E-state index contributed by atoms with van der Waals surface area (Å²) in [6, 6.07) is 2.92. The molecule has 1 aromatic heterocycles. The summed E-state index contributed by atoms with van der Waals surface area (Å²) >= 11 is 3.28. The number of nitrogens with one attached hydrogen (secondary N) is 1. The molecule has 0 atom stereocenters. The topological polar surface area (TPSA) is 25.2 Å². The van der Waals surface area contributed by atoms with Gasteiger partial charge in [-0.05, 0) is 53.6 Å². The molecule has 0 aliphatic carbocycles. The van der Waals surface area contributed by atoms with E-state index in [1.807, 2.05) is 7.05 Å². The Labute approximate surface area is 95.6 Å². The van der Waals surface area contributed by atoms with E-state index in [4.69, 9.17) is 4.42 Å². The summed E-state index contributed by atoms with van der Waals surface area (Å²) in [6.45, 7) is 0.850. The molecule has 0 aliphatic rings. The van der Waals surface area contributed by atoms with Gasteiger partial charge in [-0.3, -0.25) is 0 Å². The van der Waals surface area contributed by atoms with E-state index in [0.29, 0.717) is 10.1 Å². The molecule has 0 fully saturated rings. The van der Waals surface area contributed by atoms with Crippen LogP contribution in [0.4, 0.5) is 4.39 Å². The largest absolute Gasteiger partial charge is 0.463 e. The summed E-state index contributed by atoms with van der Waals surface area (Å²) in [7, 11) is 1.89. The minimum atomic E-state index is -0.249. The van der Waals surface area contributed by atoms with Gasteiger partial charge in [-0.25, -0.2) is 4.39 Å². The number of likely N-dealkylation sites (N-methyl/N-ethyl adjacent to an activating group) is 1. The number of rotatable bonds is 3. The number of furan rings is 1. The molecule has 0 spiro atoms. The van der Waals surface area contributed by atoms with Crippen molar-refractivity contribution in [1.29, 1.82) is 0 Å². The predicted octanol–water partition coefficient (Wildman–Crippen LogP) is 3.10. The fourth-order valence-electron chi connectivity index (χ4n) is 1.57. The van der Waals surface area contributed by atoms with Gasteiger partial charge in [-0.15, -0.1) is 0 Å². The number of halogens is 2. The molecule has 15 heavy (non-hydrogen) atoms. The second-order valence-electron chi connectivity index (χ2n) is 3.38. The van der Waals surface area contributed by atoms with Crippen LogP contribution < -0.4 is 5.32 Å². The zero-order chi connectivity index (χ0) is 10.8. The lowest BCUT2D eigenvalue weighted by molar-refractivity contribution is 0.602. The van der Waals surface area contributed by atoms with Gasteiger partial charge in [0.1, 0.15) is 11.4 Å². The van der Waals surface area contributed by atoms with Crippen molar-refractivity contribution in [2.45, 2.75) is 6.42 Å². The Balaban J connectivity index is 2.49. The van der Waals surface area contributed by atoms with Gasteiger partial charge in [0.2, 0.25) is 0 Å². The van der Waals surface area contributed by atoms with Crippen molar-refractivity contribution in [2.75, 3.05) is 13.6 Å². The van der Waals surface area contributed by atoms with Gasteiger partial charge in [0.25, 0.3) is 0 Å². The Kier molecular flexibility index (Phi) is 3.07. The zero-order valence-electron chi connectivity index (χ0n) is 8.31. The Morgan fingerprint density at radius 2 is 2.27 bits per heavy atom. The summed E-state index contributed by atoms with van der Waals surface area (Å²) in [5.74, 6) is -0.249. The van der Waals surface area contributed by atoms with Crippen LogP contribution in [0.1, 0.15) is 5.56 Å². The minimum absolute atomic E-state index is 0.249. The summed E-state index contributed by atoms with van der Waals surface area (Å²) in [5, 5.41) is 3.90. The summed E-state index contributed by atoms with van der Waals surface area (Å²) in [6.07, 6.45) is 2.52. The van der Waals surface area contributed by atoms with E-state index in [-0.39, 0.29) is 5.82 Å². The van der Waals surface area contributed by atoms with Crippen LogP contribution >= 0.6 is 15.9 Å². The molecule has 0 aliphatic heterocycles. The van der Waals surface area contributed by atoms with Crippen molar-refractivity contribution < 1.29 is 8.81 Å². The second-order valence-corrected chi connectivity index (χ2v) is 4.23. The molecule has 4 heteroatoms. The van der Waals surface area contributed by atoms with E-state index in [0.717, 1.165) is 23.9 Å². The molecule has 80 valence electrons. The summed E-state index contributed by atoms with van der Waals surface area (Å²) in [4.78, 5) is 0. The molecule has 2 rings (SSSR count). The molecule has 0 saturated heterocycles. The SMILES string of the molecule is CNCCc1coc2c(Br)cc(F)cc12. The van der Waals surface area contributed by atoms with Gasteiger partial charge in [0, 0.05) is 5.39 Å². The standard InChI is InChI=1S/C11H11BrFNO/c1-14-3-2-7-6-15-11-9(7)4-8(13)5-10(11)12/h4-6,14H,2-3H2,1H3. The van der Waals surface area contributed by atoms with Crippen LogP contribution in [0.5, 0.6) is 0 Å². The van der Waals surface area contributed by atoms with Crippen LogP contribution in [0.25, 0.3) is 11.0 Å². The van der Waals surface area contributed by atoms with Gasteiger partial charge in [0.15, 0.2) is 0 Å². The van der Waals surface area contributed by atoms with Gasteiger partial charge in [0.05, 0.1) is 10.7 Å². The zero-order valence-corrected chi connectivity index (χ0v) is 9.90. The van der Waals surface area contributed by atoms with E-state index in [1.165, 1.54) is 12.1 Å². The highest BCUT2D eigenvalue weighted by Crippen LogP contribution is 2.29. The summed E-state index contributed by atoms with van der Waals surface area (Å²) < 4.78 is 19.2. The quantitative estimate of drug-likeness (QED) is 0.928. The molecule has 2 nitrogen and oxygen atoms in total. The van der Waals surface area contributed by atoms with Crippen LogP contribution in [-0.4, -0.2) is 13.6 Å². The predicted molar refractivity (Wildman–Crippen MR) is 61.5 cm³/mol. The van der Waals surface area contributed by atoms with E-state index < -0.39 is 0 Å². The van der Waals surface area contributed by atoms with Crippen LogP contribution in [-0.2, 0) is 6.42 Å². The lowest BCUT2D eigenvalue weighted by atomic mass is 10.1. The van der Waals surface area contributed by atoms with Crippen molar-refractivity contribution in [3.05, 3.63) is 34.2 Å². The highest BCUT2D eigenvalue weighted by Gasteiger charge is 2.10. The third kappa shape index (κ3) is 2.06. The molecule has 1 aromatic carbocycles. The monoisotopic (exact) mass is 271 g/mol. The molecule has 1 heterocycles. The van der Waals surface area contributed by atoms with E-state index in [2.05, 4.69) is 21.2 Å².